The maximum Gasteiger partial charge on any atom is 0.254 e. The van der Waals surface area contributed by atoms with E-state index < -0.39 is 0 Å². The Bertz CT molecular complexity index is 721. The zero-order valence-electron chi connectivity index (χ0n) is 15.6. The van der Waals surface area contributed by atoms with Crippen LogP contribution in [0.4, 0.5) is 5.13 Å². The van der Waals surface area contributed by atoms with Gasteiger partial charge in [0.2, 0.25) is 5.91 Å². The molecule has 0 aliphatic carbocycles. The highest BCUT2D eigenvalue weighted by Crippen LogP contribution is 2.22. The molecular formula is C19H25N3O3S. The van der Waals surface area contributed by atoms with Crippen LogP contribution < -0.4 is 5.32 Å². The van der Waals surface area contributed by atoms with Crippen LogP contribution in [0, 0.1) is 0 Å². The van der Waals surface area contributed by atoms with Crippen molar-refractivity contribution in [2.45, 2.75) is 26.2 Å². The van der Waals surface area contributed by atoms with E-state index in [4.69, 9.17) is 4.74 Å². The van der Waals surface area contributed by atoms with Gasteiger partial charge in [0.25, 0.3) is 5.91 Å². The Morgan fingerprint density at radius 2 is 1.92 bits per heavy atom. The number of thiazole rings is 1. The van der Waals surface area contributed by atoms with Crippen molar-refractivity contribution in [1.29, 1.82) is 0 Å². The quantitative estimate of drug-likeness (QED) is 0.807. The molecule has 2 rings (SSSR count). The van der Waals surface area contributed by atoms with Crippen molar-refractivity contribution in [3.8, 4) is 0 Å². The second-order valence-corrected chi connectivity index (χ2v) is 7.83. The zero-order chi connectivity index (χ0) is 19.2. The third-order valence-corrected chi connectivity index (χ3v) is 4.55. The number of nitrogens with one attached hydrogen (secondary N) is 1. The first-order valence-electron chi connectivity index (χ1n) is 8.39. The zero-order valence-corrected chi connectivity index (χ0v) is 16.4. The Labute approximate surface area is 158 Å². The molecule has 2 amide bonds. The molecule has 0 radical (unpaired) electrons. The fraction of sp³-hybridized carbons (Fsp3) is 0.421. The van der Waals surface area contributed by atoms with Gasteiger partial charge < -0.3 is 15.0 Å². The average Bonchev–Trinajstić information content (AvgIpc) is 3.10. The van der Waals surface area contributed by atoms with Crippen LogP contribution in [0.1, 0.15) is 36.7 Å². The highest BCUT2D eigenvalue weighted by molar-refractivity contribution is 7.13. The van der Waals surface area contributed by atoms with E-state index in [0.29, 0.717) is 23.8 Å². The van der Waals surface area contributed by atoms with Crippen molar-refractivity contribution in [1.82, 2.24) is 9.88 Å². The van der Waals surface area contributed by atoms with E-state index in [1.54, 1.807) is 30.8 Å². The van der Waals surface area contributed by atoms with Gasteiger partial charge in [0.15, 0.2) is 5.13 Å². The molecule has 1 aromatic carbocycles. The standard InChI is InChI=1S/C19H25N3O3S/c1-19(2,3)15-7-5-14(6-8-15)17(24)22(10-11-25-4)13-16(23)21-18-20-9-12-26-18/h5-9,12H,10-11,13H2,1-4H3,(H,20,21,23). The summed E-state index contributed by atoms with van der Waals surface area (Å²) in [6, 6.07) is 7.53. The van der Waals surface area contributed by atoms with Crippen LogP contribution in [-0.4, -0.2) is 48.5 Å². The molecule has 7 heteroatoms. The van der Waals surface area contributed by atoms with Gasteiger partial charge in [-0.2, -0.15) is 0 Å². The number of methoxy groups -OCH3 is 1. The lowest BCUT2D eigenvalue weighted by molar-refractivity contribution is -0.117. The van der Waals surface area contributed by atoms with Crippen LogP contribution in [0.3, 0.4) is 0 Å². The smallest absolute Gasteiger partial charge is 0.254 e. The van der Waals surface area contributed by atoms with Gasteiger partial charge >= 0.3 is 0 Å². The molecule has 1 N–H and O–H groups in total. The van der Waals surface area contributed by atoms with Crippen molar-refractivity contribution >= 4 is 28.3 Å². The molecule has 1 aromatic heterocycles. The van der Waals surface area contributed by atoms with E-state index in [2.05, 4.69) is 31.1 Å². The monoisotopic (exact) mass is 375 g/mol. The molecular weight excluding hydrogens is 350 g/mol. The van der Waals surface area contributed by atoms with E-state index in [-0.39, 0.29) is 23.8 Å². The van der Waals surface area contributed by atoms with E-state index in [9.17, 15) is 9.59 Å². The highest BCUT2D eigenvalue weighted by Gasteiger charge is 2.20. The molecule has 140 valence electrons. The predicted octanol–water partition coefficient (Wildman–Crippen LogP) is 3.17. The lowest BCUT2D eigenvalue weighted by Crippen LogP contribution is -2.40. The van der Waals surface area contributed by atoms with Gasteiger partial charge in [0, 0.05) is 30.8 Å². The lowest BCUT2D eigenvalue weighted by atomic mass is 9.86. The first-order valence-corrected chi connectivity index (χ1v) is 9.27. The number of nitrogens with zero attached hydrogens (tertiary/aromatic N) is 2. The fourth-order valence-corrected chi connectivity index (χ4v) is 2.91. The summed E-state index contributed by atoms with van der Waals surface area (Å²) in [6.07, 6.45) is 1.62. The maximum atomic E-state index is 12.8. The number of hydrogen-bond acceptors (Lipinski definition) is 5. The van der Waals surface area contributed by atoms with Gasteiger partial charge in [-0.05, 0) is 23.1 Å². The van der Waals surface area contributed by atoms with E-state index in [1.807, 2.05) is 12.1 Å². The summed E-state index contributed by atoms with van der Waals surface area (Å²) in [6.45, 7) is 7.01. The molecule has 0 unspecified atom stereocenters. The number of rotatable bonds is 7. The summed E-state index contributed by atoms with van der Waals surface area (Å²) >= 11 is 1.33. The predicted molar refractivity (Wildman–Crippen MR) is 104 cm³/mol. The summed E-state index contributed by atoms with van der Waals surface area (Å²) in [4.78, 5) is 30.6. The first kappa shape index (κ1) is 20.1. The summed E-state index contributed by atoms with van der Waals surface area (Å²) < 4.78 is 5.07. The van der Waals surface area contributed by atoms with Crippen LogP contribution in [0.5, 0.6) is 0 Å². The maximum absolute atomic E-state index is 12.8. The van der Waals surface area contributed by atoms with E-state index in [1.165, 1.54) is 16.2 Å². The van der Waals surface area contributed by atoms with Crippen LogP contribution in [-0.2, 0) is 14.9 Å². The number of amides is 2. The number of aromatic nitrogens is 1. The molecule has 0 saturated carbocycles. The largest absolute Gasteiger partial charge is 0.383 e. The minimum atomic E-state index is -0.282. The number of hydrogen-bond donors (Lipinski definition) is 1. The number of anilines is 1. The topological polar surface area (TPSA) is 71.5 Å². The molecule has 2 aromatic rings. The molecule has 0 aliphatic rings. The van der Waals surface area contributed by atoms with Gasteiger partial charge in [-0.15, -0.1) is 11.3 Å². The Morgan fingerprint density at radius 3 is 2.46 bits per heavy atom. The van der Waals surface area contributed by atoms with Crippen molar-refractivity contribution in [2.24, 2.45) is 0 Å². The van der Waals surface area contributed by atoms with Crippen LogP contribution in [0.2, 0.25) is 0 Å². The van der Waals surface area contributed by atoms with Crippen molar-refractivity contribution < 1.29 is 14.3 Å². The number of carbonyl (C=O) groups excluding carboxylic acids is 2. The lowest BCUT2D eigenvalue weighted by Gasteiger charge is -2.23. The van der Waals surface area contributed by atoms with Gasteiger partial charge in [0.05, 0.1) is 6.61 Å². The molecule has 0 spiro atoms. The van der Waals surface area contributed by atoms with Gasteiger partial charge in [0.1, 0.15) is 6.54 Å². The SMILES string of the molecule is COCCN(CC(=O)Nc1nccs1)C(=O)c1ccc(C(C)(C)C)cc1. The Balaban J connectivity index is 2.09. The van der Waals surface area contributed by atoms with Crippen LogP contribution in [0.15, 0.2) is 35.8 Å². The molecule has 0 aliphatic heterocycles. The molecule has 0 atom stereocenters. The summed E-state index contributed by atoms with van der Waals surface area (Å²) in [7, 11) is 1.57. The number of carbonyl (C=O) groups is 2. The van der Waals surface area contributed by atoms with E-state index >= 15 is 0 Å². The minimum Gasteiger partial charge on any atom is -0.383 e. The second-order valence-electron chi connectivity index (χ2n) is 6.93. The summed E-state index contributed by atoms with van der Waals surface area (Å²) in [5.74, 6) is -0.479. The third-order valence-electron chi connectivity index (χ3n) is 3.86. The van der Waals surface area contributed by atoms with Gasteiger partial charge in [-0.25, -0.2) is 4.98 Å². The van der Waals surface area contributed by atoms with Crippen molar-refractivity contribution in [3.05, 3.63) is 47.0 Å². The summed E-state index contributed by atoms with van der Waals surface area (Å²) in [5, 5.41) is 4.99. The fourth-order valence-electron chi connectivity index (χ4n) is 2.37. The van der Waals surface area contributed by atoms with E-state index in [0.717, 1.165) is 5.56 Å². The van der Waals surface area contributed by atoms with Gasteiger partial charge in [-0.1, -0.05) is 32.9 Å². The average molecular weight is 375 g/mol. The summed E-state index contributed by atoms with van der Waals surface area (Å²) in [5.41, 5.74) is 1.72. The van der Waals surface area contributed by atoms with Crippen molar-refractivity contribution in [3.63, 3.8) is 0 Å². The Kier molecular flexibility index (Phi) is 6.88. The van der Waals surface area contributed by atoms with Crippen LogP contribution in [0.25, 0.3) is 0 Å². The molecule has 26 heavy (non-hydrogen) atoms. The Morgan fingerprint density at radius 1 is 1.23 bits per heavy atom. The second kappa shape index (κ2) is 8.91. The van der Waals surface area contributed by atoms with Crippen LogP contribution >= 0.6 is 11.3 Å². The molecule has 0 saturated heterocycles. The first-order chi connectivity index (χ1) is 12.3. The molecule has 6 nitrogen and oxygen atoms in total. The molecule has 0 fully saturated rings. The number of benzene rings is 1. The highest BCUT2D eigenvalue weighted by atomic mass is 32.1. The van der Waals surface area contributed by atoms with Gasteiger partial charge in [-0.3, -0.25) is 9.59 Å². The molecule has 0 bridgehead atoms. The third kappa shape index (κ3) is 5.64. The molecule has 1 heterocycles. The number of ether oxygens (including phenoxy) is 1. The minimum absolute atomic E-state index is 0.0188. The Hall–Kier alpha value is -2.25. The normalized spacial score (nSPS) is 11.2. The van der Waals surface area contributed by atoms with Crippen molar-refractivity contribution in [2.75, 3.05) is 32.1 Å².